The Labute approximate surface area is 179 Å². The molecule has 3 heteroatoms. The zero-order valence-electron chi connectivity index (χ0n) is 19.1. The van der Waals surface area contributed by atoms with Crippen molar-refractivity contribution in [3.8, 4) is 0 Å². The van der Waals surface area contributed by atoms with Crippen molar-refractivity contribution in [2.45, 2.75) is 135 Å². The molecule has 0 radical (unpaired) electrons. The van der Waals surface area contributed by atoms with Gasteiger partial charge in [0, 0.05) is 0 Å². The van der Waals surface area contributed by atoms with Crippen molar-refractivity contribution in [3.63, 3.8) is 0 Å². The highest BCUT2D eigenvalue weighted by Gasteiger charge is 2.47. The van der Waals surface area contributed by atoms with Gasteiger partial charge in [-0.2, -0.15) is 0 Å². The molecule has 1 aliphatic heterocycles. The molecular weight excluding hydrogens is 360 g/mol. The maximum absolute atomic E-state index is 11.7. The highest BCUT2D eigenvalue weighted by molar-refractivity contribution is 5.96. The predicted molar refractivity (Wildman–Crippen MR) is 120 cm³/mol. The fraction of sp³-hybridized carbons (Fsp3) is 0.923. The summed E-state index contributed by atoms with van der Waals surface area (Å²) in [5.74, 6) is -0.134. The Morgan fingerprint density at radius 1 is 0.621 bits per heavy atom. The summed E-state index contributed by atoms with van der Waals surface area (Å²) >= 11 is 0. The SMILES string of the molecule is CCCCCCCCCCCCCCCCCCC1CCC2C(=O)OC(=O)C2C1. The van der Waals surface area contributed by atoms with Crippen molar-refractivity contribution in [3.05, 3.63) is 0 Å². The first-order valence-electron chi connectivity index (χ1n) is 13.0. The first-order valence-corrected chi connectivity index (χ1v) is 13.0. The molecule has 0 aromatic carbocycles. The Morgan fingerprint density at radius 3 is 1.59 bits per heavy atom. The lowest BCUT2D eigenvalue weighted by atomic mass is 9.74. The number of cyclic esters (lactones) is 2. The van der Waals surface area contributed by atoms with E-state index in [1.807, 2.05) is 0 Å². The van der Waals surface area contributed by atoms with Gasteiger partial charge in [-0.3, -0.25) is 9.59 Å². The number of esters is 2. The smallest absolute Gasteiger partial charge is 0.317 e. The third kappa shape index (κ3) is 9.66. The molecule has 3 nitrogen and oxygen atoms in total. The largest absolute Gasteiger partial charge is 0.393 e. The van der Waals surface area contributed by atoms with Crippen molar-refractivity contribution < 1.29 is 14.3 Å². The van der Waals surface area contributed by atoms with Gasteiger partial charge in [-0.15, -0.1) is 0 Å². The topological polar surface area (TPSA) is 43.4 Å². The van der Waals surface area contributed by atoms with Gasteiger partial charge in [0.25, 0.3) is 0 Å². The highest BCUT2D eigenvalue weighted by Crippen LogP contribution is 2.41. The van der Waals surface area contributed by atoms with Crippen LogP contribution in [-0.2, 0) is 14.3 Å². The Morgan fingerprint density at radius 2 is 1.07 bits per heavy atom. The molecule has 3 atom stereocenters. The lowest BCUT2D eigenvalue weighted by molar-refractivity contribution is -0.153. The van der Waals surface area contributed by atoms with E-state index in [1.54, 1.807) is 0 Å². The first-order chi connectivity index (χ1) is 14.2. The van der Waals surface area contributed by atoms with Crippen LogP contribution in [0.4, 0.5) is 0 Å². The van der Waals surface area contributed by atoms with Gasteiger partial charge in [-0.25, -0.2) is 0 Å². The molecule has 1 heterocycles. The maximum Gasteiger partial charge on any atom is 0.317 e. The lowest BCUT2D eigenvalue weighted by Crippen LogP contribution is -2.27. The molecule has 0 spiro atoms. The minimum absolute atomic E-state index is 0.121. The van der Waals surface area contributed by atoms with Crippen molar-refractivity contribution >= 4 is 11.9 Å². The van der Waals surface area contributed by atoms with Crippen LogP contribution in [0.5, 0.6) is 0 Å². The summed E-state index contributed by atoms with van der Waals surface area (Å²) in [5.41, 5.74) is 0. The van der Waals surface area contributed by atoms with E-state index in [2.05, 4.69) is 6.92 Å². The van der Waals surface area contributed by atoms with Crippen LogP contribution in [0, 0.1) is 17.8 Å². The molecule has 0 amide bonds. The highest BCUT2D eigenvalue weighted by atomic mass is 16.6. The molecular formula is C26H46O3. The molecule has 0 bridgehead atoms. The molecule has 0 N–H and O–H groups in total. The molecule has 2 fully saturated rings. The van der Waals surface area contributed by atoms with Crippen LogP contribution in [0.1, 0.15) is 135 Å². The third-order valence-electron chi connectivity index (χ3n) is 7.23. The van der Waals surface area contributed by atoms with E-state index in [4.69, 9.17) is 4.74 Å². The number of hydrogen-bond acceptors (Lipinski definition) is 3. The van der Waals surface area contributed by atoms with E-state index in [1.165, 1.54) is 109 Å². The van der Waals surface area contributed by atoms with Crippen LogP contribution in [0.25, 0.3) is 0 Å². The minimum Gasteiger partial charge on any atom is -0.393 e. The summed E-state index contributed by atoms with van der Waals surface area (Å²) in [5, 5.41) is 0. The number of unbranched alkanes of at least 4 members (excludes halogenated alkanes) is 15. The molecule has 0 aromatic rings. The van der Waals surface area contributed by atoms with Crippen molar-refractivity contribution in [2.75, 3.05) is 0 Å². The molecule has 1 aliphatic carbocycles. The summed E-state index contributed by atoms with van der Waals surface area (Å²) in [6.45, 7) is 2.28. The molecule has 0 aromatic heterocycles. The summed E-state index contributed by atoms with van der Waals surface area (Å²) in [7, 11) is 0. The van der Waals surface area contributed by atoms with Crippen LogP contribution in [-0.4, -0.2) is 11.9 Å². The minimum atomic E-state index is -0.263. The number of ether oxygens (including phenoxy) is 1. The molecule has 2 rings (SSSR count). The van der Waals surface area contributed by atoms with E-state index in [9.17, 15) is 9.59 Å². The van der Waals surface area contributed by atoms with Crippen molar-refractivity contribution in [1.29, 1.82) is 0 Å². The van der Waals surface area contributed by atoms with E-state index in [0.717, 1.165) is 19.3 Å². The van der Waals surface area contributed by atoms with Crippen LogP contribution < -0.4 is 0 Å². The van der Waals surface area contributed by atoms with Gasteiger partial charge >= 0.3 is 11.9 Å². The predicted octanol–water partition coefficient (Wildman–Crippen LogP) is 7.75. The maximum atomic E-state index is 11.7. The van der Waals surface area contributed by atoms with E-state index in [-0.39, 0.29) is 23.8 Å². The van der Waals surface area contributed by atoms with E-state index >= 15 is 0 Å². The van der Waals surface area contributed by atoms with Crippen LogP contribution in [0.2, 0.25) is 0 Å². The van der Waals surface area contributed by atoms with Gasteiger partial charge in [-0.05, 0) is 25.2 Å². The van der Waals surface area contributed by atoms with Gasteiger partial charge in [0.05, 0.1) is 11.8 Å². The Kier molecular flexibility index (Phi) is 12.6. The van der Waals surface area contributed by atoms with Gasteiger partial charge in [0.2, 0.25) is 0 Å². The average molecular weight is 407 g/mol. The number of carbonyl (C=O) groups is 2. The molecule has 168 valence electrons. The van der Waals surface area contributed by atoms with Crippen LogP contribution in [0.3, 0.4) is 0 Å². The second kappa shape index (κ2) is 15.0. The van der Waals surface area contributed by atoms with Gasteiger partial charge in [0.15, 0.2) is 0 Å². The molecule has 3 unspecified atom stereocenters. The number of rotatable bonds is 17. The monoisotopic (exact) mass is 406 g/mol. The number of carbonyl (C=O) groups excluding carboxylic acids is 2. The molecule has 2 aliphatic rings. The average Bonchev–Trinajstić information content (AvgIpc) is 3.01. The summed E-state index contributed by atoms with van der Waals surface area (Å²) < 4.78 is 4.81. The second-order valence-electron chi connectivity index (χ2n) is 9.72. The Balaban J connectivity index is 1.31. The molecule has 29 heavy (non-hydrogen) atoms. The zero-order valence-corrected chi connectivity index (χ0v) is 19.1. The zero-order chi connectivity index (χ0) is 20.7. The lowest BCUT2D eigenvalue weighted by Gasteiger charge is -2.27. The first kappa shape index (κ1) is 24.4. The fourth-order valence-electron chi connectivity index (χ4n) is 5.29. The van der Waals surface area contributed by atoms with Crippen LogP contribution in [0.15, 0.2) is 0 Å². The van der Waals surface area contributed by atoms with Gasteiger partial charge in [0.1, 0.15) is 0 Å². The second-order valence-corrected chi connectivity index (χ2v) is 9.72. The van der Waals surface area contributed by atoms with E-state index in [0.29, 0.717) is 5.92 Å². The van der Waals surface area contributed by atoms with Crippen LogP contribution >= 0.6 is 0 Å². The van der Waals surface area contributed by atoms with Gasteiger partial charge < -0.3 is 4.74 Å². The quantitative estimate of drug-likeness (QED) is 0.141. The standard InChI is InChI=1S/C26H46O3/c1-2-3-4-5-6-7-8-9-10-11-12-13-14-15-16-17-18-22-19-20-23-24(21-22)26(28)29-25(23)27/h22-24H,2-21H2,1H3. The Bertz CT molecular complexity index is 459. The molecule has 1 saturated carbocycles. The third-order valence-corrected chi connectivity index (χ3v) is 7.23. The summed E-state index contributed by atoms with van der Waals surface area (Å²) in [6.07, 6.45) is 26.5. The van der Waals surface area contributed by atoms with Crippen molar-refractivity contribution in [1.82, 2.24) is 0 Å². The Hall–Kier alpha value is -0.860. The van der Waals surface area contributed by atoms with Crippen molar-refractivity contribution in [2.24, 2.45) is 17.8 Å². The summed E-state index contributed by atoms with van der Waals surface area (Å²) in [4.78, 5) is 23.3. The normalized spacial score (nSPS) is 24.0. The number of fused-ring (bicyclic) bond motifs is 1. The van der Waals surface area contributed by atoms with E-state index < -0.39 is 0 Å². The molecule has 1 saturated heterocycles. The van der Waals surface area contributed by atoms with Gasteiger partial charge in [-0.1, -0.05) is 116 Å². The fourth-order valence-corrected chi connectivity index (χ4v) is 5.29. The number of hydrogen-bond donors (Lipinski definition) is 0. The summed E-state index contributed by atoms with van der Waals surface area (Å²) in [6, 6.07) is 0.